The predicted molar refractivity (Wildman–Crippen MR) is 77.8 cm³/mol. The zero-order valence-electron chi connectivity index (χ0n) is 10.1. The Morgan fingerprint density at radius 2 is 2.26 bits per heavy atom. The molecule has 2 aromatic rings. The molecule has 5 nitrogen and oxygen atoms in total. The molecule has 0 aliphatic carbocycles. The summed E-state index contributed by atoms with van der Waals surface area (Å²) >= 11 is 7.01. The lowest BCUT2D eigenvalue weighted by atomic mass is 10.3. The van der Waals surface area contributed by atoms with Crippen LogP contribution in [0.2, 0.25) is 5.02 Å². The Morgan fingerprint density at radius 3 is 2.89 bits per heavy atom. The van der Waals surface area contributed by atoms with Crippen LogP contribution in [-0.4, -0.2) is 10.5 Å². The summed E-state index contributed by atoms with van der Waals surface area (Å²) < 4.78 is 1.40. The van der Waals surface area contributed by atoms with Crippen LogP contribution >= 0.6 is 22.9 Å². The van der Waals surface area contributed by atoms with Gasteiger partial charge in [0.2, 0.25) is 5.91 Å². The number of anilines is 2. The number of carbonyl (C=O) groups is 1. The monoisotopic (exact) mass is 297 g/mol. The molecule has 1 amide bonds. The molecule has 0 unspecified atom stereocenters. The van der Waals surface area contributed by atoms with Crippen LogP contribution in [0.15, 0.2) is 28.4 Å². The number of thiazole rings is 1. The molecular weight excluding hydrogens is 286 g/mol. The summed E-state index contributed by atoms with van der Waals surface area (Å²) in [5.74, 6) is -0.323. The first-order valence-electron chi connectivity index (χ1n) is 5.47. The zero-order valence-corrected chi connectivity index (χ0v) is 11.7. The van der Waals surface area contributed by atoms with E-state index in [-0.39, 0.29) is 17.3 Å². The Morgan fingerprint density at radius 1 is 1.53 bits per heavy atom. The highest BCUT2D eigenvalue weighted by molar-refractivity contribution is 7.07. The average Bonchev–Trinajstić information content (AvgIpc) is 2.65. The molecule has 0 atom stereocenters. The van der Waals surface area contributed by atoms with E-state index in [1.807, 2.05) is 0 Å². The molecule has 7 heteroatoms. The molecule has 1 heterocycles. The van der Waals surface area contributed by atoms with Gasteiger partial charge in [-0.05, 0) is 25.1 Å². The van der Waals surface area contributed by atoms with Crippen molar-refractivity contribution in [3.63, 3.8) is 0 Å². The fraction of sp³-hybridized carbons (Fsp3) is 0.167. The lowest BCUT2D eigenvalue weighted by Crippen LogP contribution is -2.25. The third kappa shape index (κ3) is 3.15. The minimum atomic E-state index is -0.323. The summed E-state index contributed by atoms with van der Waals surface area (Å²) in [6.07, 6.45) is 0. The normalized spacial score (nSPS) is 10.4. The molecular formula is C12H12ClN3O2S. The summed E-state index contributed by atoms with van der Waals surface area (Å²) in [6, 6.07) is 4.82. The molecule has 19 heavy (non-hydrogen) atoms. The summed E-state index contributed by atoms with van der Waals surface area (Å²) in [7, 11) is 0. The highest BCUT2D eigenvalue weighted by atomic mass is 35.5. The van der Waals surface area contributed by atoms with E-state index in [4.69, 9.17) is 17.3 Å². The van der Waals surface area contributed by atoms with E-state index in [2.05, 4.69) is 5.32 Å². The summed E-state index contributed by atoms with van der Waals surface area (Å²) in [5.41, 5.74) is 7.32. The first-order valence-corrected chi connectivity index (χ1v) is 6.73. The number of rotatable bonds is 3. The summed E-state index contributed by atoms with van der Waals surface area (Å²) in [5, 5.41) is 4.75. The van der Waals surface area contributed by atoms with Crippen molar-refractivity contribution >= 4 is 40.2 Å². The van der Waals surface area contributed by atoms with Crippen LogP contribution in [0.4, 0.5) is 11.4 Å². The van der Waals surface area contributed by atoms with E-state index >= 15 is 0 Å². The van der Waals surface area contributed by atoms with E-state index < -0.39 is 0 Å². The highest BCUT2D eigenvalue weighted by Gasteiger charge is 2.10. The van der Waals surface area contributed by atoms with Crippen molar-refractivity contribution in [3.8, 4) is 0 Å². The van der Waals surface area contributed by atoms with Gasteiger partial charge in [0.25, 0.3) is 0 Å². The van der Waals surface area contributed by atoms with Gasteiger partial charge < -0.3 is 11.1 Å². The minimum Gasteiger partial charge on any atom is -0.399 e. The van der Waals surface area contributed by atoms with E-state index in [0.717, 1.165) is 17.0 Å². The minimum absolute atomic E-state index is 0.0424. The van der Waals surface area contributed by atoms with Gasteiger partial charge >= 0.3 is 4.87 Å². The molecule has 0 spiro atoms. The molecule has 1 aromatic heterocycles. The molecule has 1 aromatic carbocycles. The van der Waals surface area contributed by atoms with Crippen molar-refractivity contribution in [2.24, 2.45) is 0 Å². The number of benzene rings is 1. The Kier molecular flexibility index (Phi) is 3.92. The molecule has 0 saturated carbocycles. The van der Waals surface area contributed by atoms with Crippen LogP contribution < -0.4 is 15.9 Å². The third-order valence-corrected chi connectivity index (χ3v) is 3.75. The largest absolute Gasteiger partial charge is 0.399 e. The van der Waals surface area contributed by atoms with Crippen molar-refractivity contribution in [1.29, 1.82) is 0 Å². The number of nitrogens with one attached hydrogen (secondary N) is 1. The number of aryl methyl sites for hydroxylation is 1. The molecule has 0 radical (unpaired) electrons. The SMILES string of the molecule is Cc1csc(=O)n1CC(=O)Nc1cc(N)ccc1Cl. The van der Waals surface area contributed by atoms with Crippen molar-refractivity contribution < 1.29 is 4.79 Å². The average molecular weight is 298 g/mol. The number of nitrogens with two attached hydrogens (primary N) is 1. The fourth-order valence-corrected chi connectivity index (χ4v) is 2.47. The number of carbonyl (C=O) groups excluding carboxylic acids is 1. The number of hydrogen-bond acceptors (Lipinski definition) is 4. The van der Waals surface area contributed by atoms with E-state index in [9.17, 15) is 9.59 Å². The number of aromatic nitrogens is 1. The second-order valence-corrected chi connectivity index (χ2v) is 5.24. The maximum absolute atomic E-state index is 11.9. The van der Waals surface area contributed by atoms with E-state index in [1.165, 1.54) is 4.57 Å². The van der Waals surface area contributed by atoms with Gasteiger partial charge in [0.15, 0.2) is 0 Å². The number of amides is 1. The smallest absolute Gasteiger partial charge is 0.307 e. The van der Waals surface area contributed by atoms with Gasteiger partial charge in [-0.15, -0.1) is 0 Å². The van der Waals surface area contributed by atoms with Crippen LogP contribution in [0.25, 0.3) is 0 Å². The van der Waals surface area contributed by atoms with Crippen LogP contribution in [0.1, 0.15) is 5.69 Å². The van der Waals surface area contributed by atoms with Crippen molar-refractivity contribution in [2.45, 2.75) is 13.5 Å². The van der Waals surface area contributed by atoms with Crippen molar-refractivity contribution in [2.75, 3.05) is 11.1 Å². The molecule has 100 valence electrons. The number of nitrogens with zero attached hydrogens (tertiary/aromatic N) is 1. The third-order valence-electron chi connectivity index (χ3n) is 2.54. The molecule has 0 aliphatic rings. The van der Waals surface area contributed by atoms with Gasteiger partial charge in [0.05, 0.1) is 10.7 Å². The van der Waals surface area contributed by atoms with Gasteiger partial charge in [-0.3, -0.25) is 14.2 Å². The second-order valence-electron chi connectivity index (χ2n) is 4.02. The Balaban J connectivity index is 2.14. The topological polar surface area (TPSA) is 77.1 Å². The highest BCUT2D eigenvalue weighted by Crippen LogP contribution is 2.23. The van der Waals surface area contributed by atoms with Crippen LogP contribution in [0, 0.1) is 6.92 Å². The van der Waals surface area contributed by atoms with Gasteiger partial charge in [0.1, 0.15) is 6.54 Å². The molecule has 0 saturated heterocycles. The summed E-state index contributed by atoms with van der Waals surface area (Å²) in [4.78, 5) is 23.2. The number of hydrogen-bond donors (Lipinski definition) is 2. The fourth-order valence-electron chi connectivity index (χ4n) is 1.57. The standard InChI is InChI=1S/C12H12ClN3O2S/c1-7-6-19-12(18)16(7)5-11(17)15-10-4-8(14)2-3-9(10)13/h2-4,6H,5,14H2,1H3,(H,15,17). The van der Waals surface area contributed by atoms with Gasteiger partial charge in [0, 0.05) is 16.8 Å². The maximum atomic E-state index is 11.9. The van der Waals surface area contributed by atoms with Crippen molar-refractivity contribution in [1.82, 2.24) is 4.57 Å². The first kappa shape index (κ1) is 13.6. The molecule has 0 aliphatic heterocycles. The van der Waals surface area contributed by atoms with Crippen LogP contribution in [0.3, 0.4) is 0 Å². The van der Waals surface area contributed by atoms with Gasteiger partial charge in [-0.25, -0.2) is 0 Å². The molecule has 2 rings (SSSR count). The van der Waals surface area contributed by atoms with E-state index in [1.54, 1.807) is 30.5 Å². The molecule has 0 fully saturated rings. The summed E-state index contributed by atoms with van der Waals surface area (Å²) in [6.45, 7) is 1.73. The Hall–Kier alpha value is -1.79. The first-order chi connectivity index (χ1) is 8.97. The molecule has 3 N–H and O–H groups in total. The van der Waals surface area contributed by atoms with Crippen molar-refractivity contribution in [3.05, 3.63) is 44.0 Å². The van der Waals surface area contributed by atoms with E-state index in [0.29, 0.717) is 16.4 Å². The lowest BCUT2D eigenvalue weighted by molar-refractivity contribution is -0.116. The van der Waals surface area contributed by atoms with Gasteiger partial charge in [-0.2, -0.15) is 0 Å². The Bertz CT molecular complexity index is 678. The quantitative estimate of drug-likeness (QED) is 0.852. The number of nitrogen functional groups attached to an aromatic ring is 1. The second kappa shape index (κ2) is 5.46. The zero-order chi connectivity index (χ0) is 14.0. The van der Waals surface area contributed by atoms with Crippen LogP contribution in [0.5, 0.6) is 0 Å². The number of halogens is 1. The Labute approximate surface area is 118 Å². The predicted octanol–water partition coefficient (Wildman–Crippen LogP) is 2.09. The van der Waals surface area contributed by atoms with Crippen LogP contribution in [-0.2, 0) is 11.3 Å². The maximum Gasteiger partial charge on any atom is 0.307 e. The molecule has 0 bridgehead atoms. The van der Waals surface area contributed by atoms with Gasteiger partial charge in [-0.1, -0.05) is 22.9 Å². The lowest BCUT2D eigenvalue weighted by Gasteiger charge is -2.09.